The van der Waals surface area contributed by atoms with Crippen molar-refractivity contribution in [3.05, 3.63) is 65.5 Å². The standard InChI is InChI=1S/C23H27N5O2/c1-16-12-19(26-27(16)2)14-25-22(29)13-21-23(30)24-10-11-28(21)15-18-8-5-7-17-6-3-4-9-20(17)18/h3-9,12,21H,10-11,13-15H2,1-2H3,(H,24,30)(H,25,29). The Morgan fingerprint density at radius 1 is 1.23 bits per heavy atom. The Morgan fingerprint density at radius 2 is 2.03 bits per heavy atom. The highest BCUT2D eigenvalue weighted by molar-refractivity contribution is 5.89. The zero-order valence-corrected chi connectivity index (χ0v) is 17.4. The molecule has 1 aliphatic heterocycles. The van der Waals surface area contributed by atoms with E-state index in [2.05, 4.69) is 44.9 Å². The maximum absolute atomic E-state index is 12.6. The molecule has 2 N–H and O–H groups in total. The van der Waals surface area contributed by atoms with Crippen molar-refractivity contribution in [2.24, 2.45) is 7.05 Å². The van der Waals surface area contributed by atoms with Crippen LogP contribution in [0.1, 0.15) is 23.4 Å². The predicted octanol–water partition coefficient (Wildman–Crippen LogP) is 1.89. The first kappa shape index (κ1) is 20.1. The van der Waals surface area contributed by atoms with E-state index in [-0.39, 0.29) is 18.2 Å². The number of benzene rings is 2. The van der Waals surface area contributed by atoms with Gasteiger partial charge in [-0.2, -0.15) is 5.10 Å². The molecule has 2 heterocycles. The van der Waals surface area contributed by atoms with E-state index in [0.29, 0.717) is 26.2 Å². The normalized spacial score (nSPS) is 17.1. The van der Waals surface area contributed by atoms with Gasteiger partial charge in [-0.15, -0.1) is 0 Å². The van der Waals surface area contributed by atoms with Gasteiger partial charge in [-0.3, -0.25) is 19.2 Å². The Kier molecular flexibility index (Phi) is 5.81. The minimum absolute atomic E-state index is 0.0923. The van der Waals surface area contributed by atoms with E-state index in [4.69, 9.17) is 0 Å². The van der Waals surface area contributed by atoms with Crippen molar-refractivity contribution in [3.63, 3.8) is 0 Å². The fourth-order valence-corrected chi connectivity index (χ4v) is 3.98. The Morgan fingerprint density at radius 3 is 2.83 bits per heavy atom. The third kappa shape index (κ3) is 4.36. The lowest BCUT2D eigenvalue weighted by Gasteiger charge is -2.35. The predicted molar refractivity (Wildman–Crippen MR) is 116 cm³/mol. The lowest BCUT2D eigenvalue weighted by molar-refractivity contribution is -0.134. The van der Waals surface area contributed by atoms with Crippen LogP contribution in [0.3, 0.4) is 0 Å². The van der Waals surface area contributed by atoms with E-state index in [1.54, 1.807) is 4.68 Å². The van der Waals surface area contributed by atoms with Gasteiger partial charge in [0.25, 0.3) is 0 Å². The van der Waals surface area contributed by atoms with Crippen molar-refractivity contribution < 1.29 is 9.59 Å². The van der Waals surface area contributed by atoms with Crippen molar-refractivity contribution in [3.8, 4) is 0 Å². The molecule has 0 bridgehead atoms. The van der Waals surface area contributed by atoms with Crippen molar-refractivity contribution in [1.82, 2.24) is 25.3 Å². The topological polar surface area (TPSA) is 79.3 Å². The average molecular weight is 406 g/mol. The summed E-state index contributed by atoms with van der Waals surface area (Å²) < 4.78 is 1.78. The number of hydrogen-bond donors (Lipinski definition) is 2. The van der Waals surface area contributed by atoms with Crippen molar-refractivity contribution in [2.45, 2.75) is 32.5 Å². The number of hydrogen-bond acceptors (Lipinski definition) is 4. The maximum Gasteiger partial charge on any atom is 0.237 e. The summed E-state index contributed by atoms with van der Waals surface area (Å²) in [6.07, 6.45) is 0.127. The van der Waals surface area contributed by atoms with Gasteiger partial charge in [0.1, 0.15) is 0 Å². The highest BCUT2D eigenvalue weighted by Crippen LogP contribution is 2.22. The van der Waals surface area contributed by atoms with Crippen LogP contribution in [-0.2, 0) is 29.7 Å². The van der Waals surface area contributed by atoms with Gasteiger partial charge in [0.15, 0.2) is 0 Å². The summed E-state index contributed by atoms with van der Waals surface area (Å²) in [5.74, 6) is -0.242. The van der Waals surface area contributed by atoms with Crippen molar-refractivity contribution in [2.75, 3.05) is 13.1 Å². The third-order valence-corrected chi connectivity index (χ3v) is 5.70. The van der Waals surface area contributed by atoms with E-state index in [0.717, 1.165) is 17.0 Å². The molecule has 156 valence electrons. The summed E-state index contributed by atoms with van der Waals surface area (Å²) in [6.45, 7) is 4.27. The lowest BCUT2D eigenvalue weighted by Crippen LogP contribution is -2.56. The summed E-state index contributed by atoms with van der Waals surface area (Å²) in [4.78, 5) is 27.2. The van der Waals surface area contributed by atoms with Crippen LogP contribution in [0.5, 0.6) is 0 Å². The van der Waals surface area contributed by atoms with Gasteiger partial charge in [0.2, 0.25) is 11.8 Å². The Balaban J connectivity index is 1.44. The van der Waals surface area contributed by atoms with Crippen LogP contribution < -0.4 is 10.6 Å². The zero-order valence-electron chi connectivity index (χ0n) is 17.4. The van der Waals surface area contributed by atoms with Crippen molar-refractivity contribution in [1.29, 1.82) is 0 Å². The van der Waals surface area contributed by atoms with E-state index in [1.807, 2.05) is 38.2 Å². The Hall–Kier alpha value is -3.19. The number of nitrogens with zero attached hydrogens (tertiary/aromatic N) is 3. The molecule has 1 aliphatic rings. The Labute approximate surface area is 176 Å². The minimum atomic E-state index is -0.483. The van der Waals surface area contributed by atoms with Gasteiger partial charge in [-0.05, 0) is 29.3 Å². The van der Waals surface area contributed by atoms with Crippen LogP contribution in [0.15, 0.2) is 48.5 Å². The quantitative estimate of drug-likeness (QED) is 0.656. The van der Waals surface area contributed by atoms with Crippen LogP contribution >= 0.6 is 0 Å². The molecule has 1 fully saturated rings. The number of aryl methyl sites for hydroxylation is 2. The fraction of sp³-hybridized carbons (Fsp3) is 0.348. The molecule has 3 aromatic rings. The first-order valence-corrected chi connectivity index (χ1v) is 10.3. The van der Waals surface area contributed by atoms with Crippen LogP contribution in [0.25, 0.3) is 10.8 Å². The lowest BCUT2D eigenvalue weighted by atomic mass is 10.0. The molecule has 0 saturated carbocycles. The molecule has 1 aromatic heterocycles. The van der Waals surface area contributed by atoms with Crippen molar-refractivity contribution >= 4 is 22.6 Å². The smallest absolute Gasteiger partial charge is 0.237 e. The molecule has 0 spiro atoms. The highest BCUT2D eigenvalue weighted by Gasteiger charge is 2.31. The van der Waals surface area contributed by atoms with Gasteiger partial charge in [-0.1, -0.05) is 42.5 Å². The summed E-state index contributed by atoms with van der Waals surface area (Å²) in [6, 6.07) is 15.9. The summed E-state index contributed by atoms with van der Waals surface area (Å²) in [7, 11) is 1.87. The van der Waals surface area contributed by atoms with Crippen LogP contribution in [0.2, 0.25) is 0 Å². The number of nitrogens with one attached hydrogen (secondary N) is 2. The van der Waals surface area contributed by atoms with Gasteiger partial charge in [0, 0.05) is 32.4 Å². The molecule has 2 amide bonds. The summed E-state index contributed by atoms with van der Waals surface area (Å²) >= 11 is 0. The third-order valence-electron chi connectivity index (χ3n) is 5.70. The molecule has 0 radical (unpaired) electrons. The number of piperazine rings is 1. The van der Waals surface area contributed by atoms with Gasteiger partial charge < -0.3 is 10.6 Å². The molecule has 4 rings (SSSR count). The average Bonchev–Trinajstić information content (AvgIpc) is 3.07. The van der Waals surface area contributed by atoms with Gasteiger partial charge in [-0.25, -0.2) is 0 Å². The second-order valence-electron chi connectivity index (χ2n) is 7.80. The van der Waals surface area contributed by atoms with Crippen LogP contribution in [0, 0.1) is 6.92 Å². The summed E-state index contributed by atoms with van der Waals surface area (Å²) in [5, 5.41) is 12.5. The number of amides is 2. The number of carbonyl (C=O) groups excluding carboxylic acids is 2. The molecule has 30 heavy (non-hydrogen) atoms. The minimum Gasteiger partial charge on any atom is -0.353 e. The summed E-state index contributed by atoms with van der Waals surface area (Å²) in [5.41, 5.74) is 3.01. The zero-order chi connectivity index (χ0) is 21.1. The largest absolute Gasteiger partial charge is 0.353 e. The SMILES string of the molecule is Cc1cc(CNC(=O)CC2C(=O)NCCN2Cc2cccc3ccccc23)nn1C. The monoisotopic (exact) mass is 405 g/mol. The fourth-order valence-electron chi connectivity index (χ4n) is 3.98. The maximum atomic E-state index is 12.6. The molecule has 1 unspecified atom stereocenters. The molecule has 7 nitrogen and oxygen atoms in total. The second kappa shape index (κ2) is 8.67. The van der Waals surface area contributed by atoms with E-state index >= 15 is 0 Å². The van der Waals surface area contributed by atoms with Crippen LogP contribution in [-0.4, -0.2) is 45.6 Å². The van der Waals surface area contributed by atoms with Gasteiger partial charge >= 0.3 is 0 Å². The Bertz CT molecular complexity index is 1050. The van der Waals surface area contributed by atoms with Crippen LogP contribution in [0.4, 0.5) is 0 Å². The number of carbonyl (C=O) groups is 2. The number of rotatable bonds is 6. The molecule has 7 heteroatoms. The highest BCUT2D eigenvalue weighted by atomic mass is 16.2. The van der Waals surface area contributed by atoms with E-state index in [9.17, 15) is 9.59 Å². The first-order valence-electron chi connectivity index (χ1n) is 10.3. The van der Waals surface area contributed by atoms with Gasteiger partial charge in [0.05, 0.1) is 24.7 Å². The molecule has 0 aliphatic carbocycles. The first-order chi connectivity index (χ1) is 14.5. The molecule has 1 atom stereocenters. The molecular weight excluding hydrogens is 378 g/mol. The molecule has 2 aromatic carbocycles. The molecule has 1 saturated heterocycles. The van der Waals surface area contributed by atoms with E-state index < -0.39 is 6.04 Å². The molecular formula is C23H27N5O2. The second-order valence-corrected chi connectivity index (χ2v) is 7.80. The number of fused-ring (bicyclic) bond motifs is 1. The van der Waals surface area contributed by atoms with E-state index in [1.165, 1.54) is 10.8 Å². The number of aromatic nitrogens is 2.